The molecule has 10 rings (SSSR count). The fraction of sp³-hybridized carbons (Fsp3) is 0.453. The number of alkyl halides is 6. The zero-order chi connectivity index (χ0) is 69.8. The number of nitrogens with zero attached hydrogens (tertiary/aromatic N) is 7. The van der Waals surface area contributed by atoms with Crippen molar-refractivity contribution in [3.63, 3.8) is 0 Å². The second kappa shape index (κ2) is 32.1. The van der Waals surface area contributed by atoms with Crippen molar-refractivity contribution in [2.24, 2.45) is 0 Å². The van der Waals surface area contributed by atoms with Crippen molar-refractivity contribution >= 4 is 41.1 Å². The van der Waals surface area contributed by atoms with Crippen LogP contribution < -0.4 is 10.2 Å². The van der Waals surface area contributed by atoms with Gasteiger partial charge in [-0.3, -0.25) is 24.1 Å². The molecule has 0 radical (unpaired) electrons. The first-order chi connectivity index (χ1) is 46.9. The summed E-state index contributed by atoms with van der Waals surface area (Å²) in [5.41, 5.74) is 1.50. The Hall–Kier alpha value is -8.38. The Morgan fingerprint density at radius 1 is 0.663 bits per heavy atom. The van der Waals surface area contributed by atoms with Crippen LogP contribution in [0.4, 0.5) is 46.9 Å². The molecule has 3 fully saturated rings. The van der Waals surface area contributed by atoms with Crippen molar-refractivity contribution in [2.45, 2.75) is 113 Å². The van der Waals surface area contributed by atoms with E-state index < -0.39 is 64.6 Å². The number of carboxylic acid groups (broad SMARTS) is 1. The second-order valence-corrected chi connectivity index (χ2v) is 26.5. The zero-order valence-corrected chi connectivity index (χ0v) is 55.8. The van der Waals surface area contributed by atoms with Gasteiger partial charge in [0.15, 0.2) is 0 Å². The van der Waals surface area contributed by atoms with Crippen LogP contribution in [-0.4, -0.2) is 183 Å². The second-order valence-electron chi connectivity index (χ2n) is 26.5. The average molecular weight is 1360 g/mol. The number of carbonyl (C=O) groups excluding carboxylic acids is 4. The van der Waals surface area contributed by atoms with Crippen LogP contribution in [0.25, 0.3) is 11.1 Å². The highest BCUT2D eigenvalue weighted by Crippen LogP contribution is 2.49. The molecule has 23 heteroatoms. The summed E-state index contributed by atoms with van der Waals surface area (Å²) in [4.78, 5) is 78.6. The van der Waals surface area contributed by atoms with Gasteiger partial charge in [-0.05, 0) is 147 Å². The number of fused-ring (bicyclic) bond motifs is 2. The highest BCUT2D eigenvalue weighted by atomic mass is 19.4. The van der Waals surface area contributed by atoms with E-state index in [0.717, 1.165) is 83.8 Å². The van der Waals surface area contributed by atoms with Crippen molar-refractivity contribution in [1.82, 2.24) is 29.4 Å². The average Bonchev–Trinajstić information content (AvgIpc) is 1.58. The van der Waals surface area contributed by atoms with Gasteiger partial charge in [-0.1, -0.05) is 103 Å². The summed E-state index contributed by atoms with van der Waals surface area (Å²) in [7, 11) is 5.33. The number of hydrogen-bond acceptors (Lipinski definition) is 10. The number of likely N-dealkylation sites (N-methyl/N-ethyl adjacent to an activating group) is 3. The molecule has 0 aromatic heterocycles. The van der Waals surface area contributed by atoms with Gasteiger partial charge in [0.05, 0.1) is 35.9 Å². The molecule has 6 aromatic carbocycles. The monoisotopic (exact) mass is 1360 g/mol. The van der Waals surface area contributed by atoms with Gasteiger partial charge in [-0.2, -0.15) is 26.3 Å². The van der Waals surface area contributed by atoms with Gasteiger partial charge in [-0.15, -0.1) is 0 Å². The van der Waals surface area contributed by atoms with Crippen LogP contribution >= 0.6 is 0 Å². The summed E-state index contributed by atoms with van der Waals surface area (Å²) in [5, 5.41) is 13.8. The van der Waals surface area contributed by atoms with Gasteiger partial charge in [0.25, 0.3) is 5.91 Å². The molecule has 16 nitrogen and oxygen atoms in total. The molecule has 1 spiro atoms. The van der Waals surface area contributed by atoms with E-state index in [9.17, 15) is 59.8 Å². The molecule has 2 N–H and O–H groups in total. The van der Waals surface area contributed by atoms with E-state index >= 15 is 0 Å². The van der Waals surface area contributed by atoms with Gasteiger partial charge in [0, 0.05) is 108 Å². The summed E-state index contributed by atoms with van der Waals surface area (Å²) in [6, 6.07) is 39.5. The normalized spacial score (nSPS) is 18.1. The molecule has 2 atom stereocenters. The van der Waals surface area contributed by atoms with E-state index in [1.54, 1.807) is 28.8 Å². The predicted octanol–water partition coefficient (Wildman–Crippen LogP) is 12.9. The number of anilines is 2. The first kappa shape index (κ1) is 72.4. The smallest absolute Gasteiger partial charge is 0.416 e. The number of unbranched alkanes of at least 4 members (excludes halogenated alkanes) is 2. The van der Waals surface area contributed by atoms with Gasteiger partial charge in [0.2, 0.25) is 17.7 Å². The fourth-order valence-corrected chi connectivity index (χ4v) is 14.2. The number of nitrogens with one attached hydrogen (secondary N) is 1. The van der Waals surface area contributed by atoms with Gasteiger partial charge in [-0.25, -0.2) is 9.18 Å². The van der Waals surface area contributed by atoms with Crippen molar-refractivity contribution in [3.8, 4) is 11.1 Å². The minimum atomic E-state index is -5.15. The van der Waals surface area contributed by atoms with Crippen molar-refractivity contribution in [2.75, 3.05) is 117 Å². The number of rotatable bonds is 27. The zero-order valence-electron chi connectivity index (χ0n) is 55.8. The van der Waals surface area contributed by atoms with E-state index in [4.69, 9.17) is 9.47 Å². The largest absolute Gasteiger partial charge is 0.465 e. The van der Waals surface area contributed by atoms with E-state index in [0.29, 0.717) is 108 Å². The van der Waals surface area contributed by atoms with Gasteiger partial charge < -0.3 is 49.3 Å². The Labute approximate surface area is 568 Å². The third-order valence-corrected chi connectivity index (χ3v) is 20.1. The van der Waals surface area contributed by atoms with Crippen LogP contribution in [0.15, 0.2) is 146 Å². The highest BCUT2D eigenvalue weighted by molar-refractivity contribution is 5.95. The SMILES string of the molecule is CN(CCN1CCC(N(C(=O)O)c2ccccc2-c2ccccc2)CC1)C(=O)CCCCCNc1ccc(CC(=O)N(C)CCCN(C)C(=O)CO[C@H]2Cc3ccccc3C23CCN(CC[C@@]2(c4ccc(F)cc4)CN(C(=O)c4cc(C(F)(F)F)cc(C(F)(F)F)c4)CO2)CC3)cc1. The molecule has 3 aliphatic heterocycles. The number of ether oxygens (including phenoxy) is 2. The van der Waals surface area contributed by atoms with Crippen molar-refractivity contribution in [1.29, 1.82) is 0 Å². The Balaban J connectivity index is 0.607. The van der Waals surface area contributed by atoms with E-state index in [1.807, 2.05) is 98.0 Å². The van der Waals surface area contributed by atoms with Crippen LogP contribution in [0.2, 0.25) is 0 Å². The van der Waals surface area contributed by atoms with E-state index in [-0.39, 0.29) is 61.9 Å². The minimum Gasteiger partial charge on any atom is -0.465 e. The molecule has 1 aliphatic carbocycles. The molecule has 0 unspecified atom stereocenters. The lowest BCUT2D eigenvalue weighted by molar-refractivity contribution is -0.143. The molecule has 4 aliphatic rings. The maximum atomic E-state index is 14.2. The number of halogens is 7. The number of piperidine rings is 2. The molecule has 0 bridgehead atoms. The van der Waals surface area contributed by atoms with Crippen LogP contribution in [0.3, 0.4) is 0 Å². The quantitative estimate of drug-likeness (QED) is 0.0373. The van der Waals surface area contributed by atoms with Gasteiger partial charge >= 0.3 is 18.4 Å². The Morgan fingerprint density at radius 3 is 1.96 bits per heavy atom. The molecule has 3 heterocycles. The summed E-state index contributed by atoms with van der Waals surface area (Å²) in [6.45, 7) is 5.28. The lowest BCUT2D eigenvalue weighted by atomic mass is 9.72. The molecular weight excluding hydrogens is 1270 g/mol. The first-order valence-electron chi connectivity index (χ1n) is 33.7. The number of para-hydroxylation sites is 1. The highest BCUT2D eigenvalue weighted by Gasteiger charge is 2.50. The van der Waals surface area contributed by atoms with Crippen LogP contribution in [0.1, 0.15) is 108 Å². The third-order valence-electron chi connectivity index (χ3n) is 20.1. The summed E-state index contributed by atoms with van der Waals surface area (Å²) < 4.78 is 110. The van der Waals surface area contributed by atoms with Crippen LogP contribution in [0, 0.1) is 5.82 Å². The third kappa shape index (κ3) is 17.9. The lowest BCUT2D eigenvalue weighted by Crippen LogP contribution is -2.50. The molecule has 5 amide bonds. The molecular formula is C75H87F7N8O8. The van der Waals surface area contributed by atoms with E-state index in [2.05, 4.69) is 27.2 Å². The molecule has 3 saturated heterocycles. The Kier molecular flexibility index (Phi) is 23.7. The summed E-state index contributed by atoms with van der Waals surface area (Å²) in [6.07, 6.45) is -4.12. The maximum absolute atomic E-state index is 14.2. The first-order valence-corrected chi connectivity index (χ1v) is 33.7. The predicted molar refractivity (Wildman–Crippen MR) is 360 cm³/mol. The minimum absolute atomic E-state index is 0.0285. The van der Waals surface area contributed by atoms with E-state index in [1.165, 1.54) is 29.2 Å². The number of hydrogen-bond donors (Lipinski definition) is 2. The Bertz CT molecular complexity index is 3660. The molecule has 6 aromatic rings. The van der Waals surface area contributed by atoms with Crippen molar-refractivity contribution < 1.29 is 69.3 Å². The van der Waals surface area contributed by atoms with Crippen LogP contribution in [-0.2, 0) is 60.1 Å². The Morgan fingerprint density at radius 2 is 1.29 bits per heavy atom. The van der Waals surface area contributed by atoms with Gasteiger partial charge in [0.1, 0.15) is 24.8 Å². The summed E-state index contributed by atoms with van der Waals surface area (Å²) in [5.74, 6) is -1.73. The standard InChI is InChI=1S/C75H87F7N8O8/c1-84(68(92)45-53-22-28-61(29-23-53)83-35-13-5-8-21-67(91)86(3)43-44-87-38-30-62(31-39-87)90(71(95)96)65-20-12-10-18-63(65)54-15-6-4-7-16-54)36-14-37-85(2)69(93)50-97-66-48-55-17-9-11-19-64(55)72(66)32-40-88(41-33-72)42-34-73(57-24-26-60(76)27-25-57)51-89(52-98-73)70(94)56-46-58(74(77,78)79)49-59(47-56)75(80,81)82/h4,6-7,9-12,15-20,22-29,46-47,49,62,66,83H,5,8,13-14,21,30-45,48,50-52H2,1-3H3,(H,95,96)/t66-,73-/m0/s1. The number of benzene rings is 6. The topological polar surface area (TPSA) is 159 Å². The molecule has 0 saturated carbocycles. The maximum Gasteiger partial charge on any atom is 0.416 e. The fourth-order valence-electron chi connectivity index (χ4n) is 14.2. The number of likely N-dealkylation sites (tertiary alicyclic amines) is 2. The number of carbonyl (C=O) groups is 5. The summed E-state index contributed by atoms with van der Waals surface area (Å²) >= 11 is 0. The van der Waals surface area contributed by atoms with Crippen LogP contribution in [0.5, 0.6) is 0 Å². The molecule has 98 heavy (non-hydrogen) atoms. The number of amides is 5. The molecule has 524 valence electrons. The van der Waals surface area contributed by atoms with Crippen molar-refractivity contribution in [3.05, 3.63) is 190 Å². The lowest BCUT2D eigenvalue weighted by Gasteiger charge is -2.44.